The van der Waals surface area contributed by atoms with Crippen LogP contribution in [0.1, 0.15) is 29.2 Å². The Morgan fingerprint density at radius 2 is 1.86 bits per heavy atom. The smallest absolute Gasteiger partial charge is 0.339 e. The summed E-state index contributed by atoms with van der Waals surface area (Å²) in [7, 11) is 0. The monoisotopic (exact) mass is 393 g/mol. The van der Waals surface area contributed by atoms with Crippen LogP contribution in [0.15, 0.2) is 57.7 Å². The minimum atomic E-state index is -1.16. The van der Waals surface area contributed by atoms with E-state index in [1.165, 1.54) is 0 Å². The van der Waals surface area contributed by atoms with Crippen LogP contribution in [0.3, 0.4) is 0 Å². The summed E-state index contributed by atoms with van der Waals surface area (Å²) in [5, 5.41) is 12.7. The number of amides is 1. The highest BCUT2D eigenvalue weighted by atomic mass is 16.5. The van der Waals surface area contributed by atoms with Crippen LogP contribution in [-0.4, -0.2) is 23.6 Å². The van der Waals surface area contributed by atoms with Crippen LogP contribution in [0.4, 0.5) is 0 Å². The standard InChI is InChI=1S/C22H19NO6/c24-19(23-20(21(25)26)13-5-2-1-3-6-13)12-28-14-9-10-16-15-7-4-8-17(15)22(27)29-18(16)11-14/h1-3,5-6,9-11,20H,4,7-8,12H2,(H,23,24)(H,25,26). The first-order valence-corrected chi connectivity index (χ1v) is 9.31. The average molecular weight is 393 g/mol. The molecule has 1 aliphatic rings. The van der Waals surface area contributed by atoms with Crippen LogP contribution in [-0.2, 0) is 22.4 Å². The molecule has 1 unspecified atom stereocenters. The van der Waals surface area contributed by atoms with Crippen molar-refractivity contribution < 1.29 is 23.8 Å². The normalized spacial score (nSPS) is 13.7. The third-order valence-electron chi connectivity index (χ3n) is 5.00. The second-order valence-electron chi connectivity index (χ2n) is 6.90. The molecule has 0 fully saturated rings. The fraction of sp³-hybridized carbons (Fsp3) is 0.227. The van der Waals surface area contributed by atoms with E-state index < -0.39 is 17.9 Å². The van der Waals surface area contributed by atoms with Crippen LogP contribution in [0, 0.1) is 0 Å². The van der Waals surface area contributed by atoms with Gasteiger partial charge in [0.15, 0.2) is 12.6 Å². The van der Waals surface area contributed by atoms with Crippen LogP contribution in [0.5, 0.6) is 5.75 Å². The topological polar surface area (TPSA) is 106 Å². The number of carbonyl (C=O) groups excluding carboxylic acids is 1. The molecular weight excluding hydrogens is 374 g/mol. The lowest BCUT2D eigenvalue weighted by Crippen LogP contribution is -2.36. The summed E-state index contributed by atoms with van der Waals surface area (Å²) < 4.78 is 10.9. The molecule has 2 aromatic carbocycles. The maximum absolute atomic E-state index is 12.2. The van der Waals surface area contributed by atoms with Gasteiger partial charge < -0.3 is 19.6 Å². The molecule has 29 heavy (non-hydrogen) atoms. The van der Waals surface area contributed by atoms with Crippen molar-refractivity contribution in [2.45, 2.75) is 25.3 Å². The largest absolute Gasteiger partial charge is 0.484 e. The molecule has 0 saturated carbocycles. The van der Waals surface area contributed by atoms with Crippen molar-refractivity contribution in [3.63, 3.8) is 0 Å². The number of aliphatic carboxylic acids is 1. The predicted molar refractivity (Wildman–Crippen MR) is 105 cm³/mol. The number of nitrogens with one attached hydrogen (secondary N) is 1. The number of aryl methyl sites for hydroxylation is 1. The molecule has 2 N–H and O–H groups in total. The summed E-state index contributed by atoms with van der Waals surface area (Å²) in [6, 6.07) is 12.4. The summed E-state index contributed by atoms with van der Waals surface area (Å²) in [5.41, 5.74) is 2.32. The minimum Gasteiger partial charge on any atom is -0.484 e. The second kappa shape index (κ2) is 7.79. The third-order valence-corrected chi connectivity index (χ3v) is 5.00. The van der Waals surface area contributed by atoms with Gasteiger partial charge in [-0.2, -0.15) is 0 Å². The maximum Gasteiger partial charge on any atom is 0.339 e. The van der Waals surface area contributed by atoms with E-state index in [-0.39, 0.29) is 12.2 Å². The SMILES string of the molecule is O=C(COc1ccc2c3c(c(=O)oc2c1)CCC3)NC(C(=O)O)c1ccccc1. The molecule has 7 nitrogen and oxygen atoms in total. The number of ether oxygens (including phenoxy) is 1. The lowest BCUT2D eigenvalue weighted by molar-refractivity contribution is -0.142. The minimum absolute atomic E-state index is 0.327. The number of carbonyl (C=O) groups is 2. The second-order valence-corrected chi connectivity index (χ2v) is 6.90. The molecule has 0 aliphatic heterocycles. The van der Waals surface area contributed by atoms with Crippen LogP contribution in [0.25, 0.3) is 11.0 Å². The Labute approximate surface area is 165 Å². The van der Waals surface area contributed by atoms with Gasteiger partial charge in [-0.15, -0.1) is 0 Å². The Balaban J connectivity index is 1.46. The van der Waals surface area contributed by atoms with Gasteiger partial charge in [0.05, 0.1) is 0 Å². The molecule has 4 rings (SSSR count). The summed E-state index contributed by atoms with van der Waals surface area (Å²) in [6.45, 7) is -0.364. The van der Waals surface area contributed by atoms with Crippen molar-refractivity contribution in [2.75, 3.05) is 6.61 Å². The Morgan fingerprint density at radius 1 is 1.10 bits per heavy atom. The molecule has 1 atom stereocenters. The van der Waals surface area contributed by atoms with Gasteiger partial charge in [0.25, 0.3) is 5.91 Å². The number of hydrogen-bond donors (Lipinski definition) is 2. The van der Waals surface area contributed by atoms with E-state index in [2.05, 4.69) is 5.32 Å². The average Bonchev–Trinajstić information content (AvgIpc) is 3.21. The van der Waals surface area contributed by atoms with Gasteiger partial charge in [0.2, 0.25) is 0 Å². The molecule has 7 heteroatoms. The third kappa shape index (κ3) is 3.85. The Bertz CT molecular complexity index is 1140. The summed E-state index contributed by atoms with van der Waals surface area (Å²) in [5.74, 6) is -1.37. The molecular formula is C22H19NO6. The highest BCUT2D eigenvalue weighted by Gasteiger charge is 2.22. The van der Waals surface area contributed by atoms with Gasteiger partial charge in [-0.3, -0.25) is 4.79 Å². The highest BCUT2D eigenvalue weighted by Crippen LogP contribution is 2.29. The summed E-state index contributed by atoms with van der Waals surface area (Å²) in [6.07, 6.45) is 2.51. The van der Waals surface area contributed by atoms with Gasteiger partial charge >= 0.3 is 11.6 Å². The zero-order valence-corrected chi connectivity index (χ0v) is 15.5. The lowest BCUT2D eigenvalue weighted by Gasteiger charge is -2.15. The van der Waals surface area contributed by atoms with Crippen molar-refractivity contribution in [1.82, 2.24) is 5.32 Å². The van der Waals surface area contributed by atoms with Gasteiger partial charge in [-0.05, 0) is 42.5 Å². The van der Waals surface area contributed by atoms with Crippen LogP contribution >= 0.6 is 0 Å². The Kier molecular flexibility index (Phi) is 5.03. The Hall–Kier alpha value is -3.61. The molecule has 3 aromatic rings. The van der Waals surface area contributed by atoms with E-state index in [1.54, 1.807) is 42.5 Å². The van der Waals surface area contributed by atoms with Crippen LogP contribution in [0.2, 0.25) is 0 Å². The molecule has 1 aliphatic carbocycles. The zero-order chi connectivity index (χ0) is 20.4. The molecule has 1 heterocycles. The van der Waals surface area contributed by atoms with Crippen molar-refractivity contribution in [3.8, 4) is 5.75 Å². The quantitative estimate of drug-likeness (QED) is 0.624. The molecule has 1 amide bonds. The van der Waals surface area contributed by atoms with Crippen LogP contribution < -0.4 is 15.7 Å². The van der Waals surface area contributed by atoms with E-state index >= 15 is 0 Å². The molecule has 0 spiro atoms. The van der Waals surface area contributed by atoms with Gasteiger partial charge in [0.1, 0.15) is 11.3 Å². The molecule has 148 valence electrons. The number of rotatable bonds is 6. The van der Waals surface area contributed by atoms with E-state index in [0.29, 0.717) is 16.9 Å². The number of benzene rings is 2. The first-order chi connectivity index (χ1) is 14.0. The number of fused-ring (bicyclic) bond motifs is 3. The highest BCUT2D eigenvalue weighted by molar-refractivity contribution is 5.86. The molecule has 0 radical (unpaired) electrons. The molecule has 0 bridgehead atoms. The first kappa shape index (κ1) is 18.7. The van der Waals surface area contributed by atoms with E-state index in [9.17, 15) is 19.5 Å². The zero-order valence-electron chi connectivity index (χ0n) is 15.5. The van der Waals surface area contributed by atoms with Gasteiger partial charge in [-0.1, -0.05) is 30.3 Å². The van der Waals surface area contributed by atoms with E-state index in [4.69, 9.17) is 9.15 Å². The molecule has 1 aromatic heterocycles. The maximum atomic E-state index is 12.2. The predicted octanol–water partition coefficient (Wildman–Crippen LogP) is 2.60. The van der Waals surface area contributed by atoms with E-state index in [0.717, 1.165) is 35.8 Å². The van der Waals surface area contributed by atoms with Gasteiger partial charge in [-0.25, -0.2) is 9.59 Å². The summed E-state index contributed by atoms with van der Waals surface area (Å²) in [4.78, 5) is 35.8. The number of hydrogen-bond acceptors (Lipinski definition) is 5. The Morgan fingerprint density at radius 3 is 2.62 bits per heavy atom. The number of carboxylic acid groups (broad SMARTS) is 1. The van der Waals surface area contributed by atoms with Crippen molar-refractivity contribution in [2.24, 2.45) is 0 Å². The fourth-order valence-corrected chi connectivity index (χ4v) is 3.64. The fourth-order valence-electron chi connectivity index (χ4n) is 3.64. The summed E-state index contributed by atoms with van der Waals surface area (Å²) >= 11 is 0. The van der Waals surface area contributed by atoms with E-state index in [1.807, 2.05) is 6.07 Å². The number of carboxylic acids is 1. The van der Waals surface area contributed by atoms with Crippen molar-refractivity contribution in [1.29, 1.82) is 0 Å². The lowest BCUT2D eigenvalue weighted by atomic mass is 10.1. The van der Waals surface area contributed by atoms with Crippen molar-refractivity contribution in [3.05, 3.63) is 75.6 Å². The molecule has 0 saturated heterocycles. The first-order valence-electron chi connectivity index (χ1n) is 9.31. The van der Waals surface area contributed by atoms with Crippen molar-refractivity contribution >= 4 is 22.8 Å². The van der Waals surface area contributed by atoms with Gasteiger partial charge in [0, 0.05) is 17.0 Å².